The molecule has 1 aromatic carbocycles. The summed E-state index contributed by atoms with van der Waals surface area (Å²) in [5.41, 5.74) is 3.46. The lowest BCUT2D eigenvalue weighted by Gasteiger charge is -2.43. The Kier molecular flexibility index (Phi) is 6.32. The van der Waals surface area contributed by atoms with Crippen LogP contribution in [0.2, 0.25) is 0 Å². The lowest BCUT2D eigenvalue weighted by molar-refractivity contribution is -0.138. The van der Waals surface area contributed by atoms with Gasteiger partial charge in [-0.25, -0.2) is 0 Å². The van der Waals surface area contributed by atoms with Crippen LogP contribution in [-0.4, -0.2) is 40.7 Å². The molecule has 1 aliphatic heterocycles. The molecular formula is C24H26BrNO5. The van der Waals surface area contributed by atoms with Gasteiger partial charge in [0.05, 0.1) is 6.61 Å². The van der Waals surface area contributed by atoms with Crippen LogP contribution in [0, 0.1) is 0 Å². The summed E-state index contributed by atoms with van der Waals surface area (Å²) in [5.74, 6) is -0.833. The number of nitrogens with zero attached hydrogens (tertiary/aromatic N) is 1. The summed E-state index contributed by atoms with van der Waals surface area (Å²) in [7, 11) is 0. The molecule has 0 amide bonds. The maximum Gasteiger partial charge on any atom is 0.323 e. The number of carboxylic acids is 1. The van der Waals surface area contributed by atoms with Crippen molar-refractivity contribution >= 4 is 33.5 Å². The molecule has 0 atom stereocenters. The van der Waals surface area contributed by atoms with Crippen molar-refractivity contribution in [2.45, 2.75) is 57.8 Å². The number of ketones is 2. The fourth-order valence-corrected chi connectivity index (χ4v) is 5.32. The van der Waals surface area contributed by atoms with Crippen molar-refractivity contribution in [2.75, 3.05) is 13.2 Å². The van der Waals surface area contributed by atoms with Crippen LogP contribution in [0.15, 0.2) is 45.2 Å². The van der Waals surface area contributed by atoms with Crippen LogP contribution >= 0.6 is 15.9 Å². The third-order valence-electron chi connectivity index (χ3n) is 6.12. The molecule has 7 heteroatoms. The number of carbonyl (C=O) groups excluding carboxylic acids is 2. The molecule has 164 valence electrons. The molecule has 6 nitrogen and oxygen atoms in total. The van der Waals surface area contributed by atoms with Crippen molar-refractivity contribution < 1.29 is 24.2 Å². The van der Waals surface area contributed by atoms with Gasteiger partial charge >= 0.3 is 5.97 Å². The number of carbonyl (C=O) groups is 3. The molecule has 0 radical (unpaired) electrons. The zero-order valence-electron chi connectivity index (χ0n) is 17.6. The smallest absolute Gasteiger partial charge is 0.323 e. The summed E-state index contributed by atoms with van der Waals surface area (Å²) in [5, 5.41) is 9.56. The van der Waals surface area contributed by atoms with E-state index < -0.39 is 11.9 Å². The van der Waals surface area contributed by atoms with E-state index in [0.29, 0.717) is 62.0 Å². The van der Waals surface area contributed by atoms with Crippen molar-refractivity contribution in [2.24, 2.45) is 0 Å². The molecule has 3 aliphatic rings. The Hall–Kier alpha value is -2.41. The molecule has 1 aromatic rings. The number of hydrogen-bond acceptors (Lipinski definition) is 5. The molecule has 1 N–H and O–H groups in total. The molecule has 0 saturated carbocycles. The van der Waals surface area contributed by atoms with E-state index in [2.05, 4.69) is 15.9 Å². The number of hydrogen-bond donors (Lipinski definition) is 1. The Labute approximate surface area is 190 Å². The minimum absolute atomic E-state index is 0.00650. The second kappa shape index (κ2) is 8.99. The van der Waals surface area contributed by atoms with Crippen LogP contribution in [0.5, 0.6) is 5.75 Å². The molecule has 0 fully saturated rings. The molecule has 0 saturated heterocycles. The fraction of sp³-hybridized carbons (Fsp3) is 0.458. The number of rotatable bonds is 6. The summed E-state index contributed by atoms with van der Waals surface area (Å²) in [4.78, 5) is 39.8. The Morgan fingerprint density at radius 2 is 1.71 bits per heavy atom. The zero-order chi connectivity index (χ0) is 22.1. The van der Waals surface area contributed by atoms with E-state index in [9.17, 15) is 19.5 Å². The first-order valence-corrected chi connectivity index (χ1v) is 11.7. The van der Waals surface area contributed by atoms with Crippen LogP contribution in [0.3, 0.4) is 0 Å². The van der Waals surface area contributed by atoms with Gasteiger partial charge in [0.1, 0.15) is 12.3 Å². The second-order valence-electron chi connectivity index (χ2n) is 8.22. The highest BCUT2D eigenvalue weighted by atomic mass is 79.9. The van der Waals surface area contributed by atoms with Gasteiger partial charge in [-0.3, -0.25) is 14.4 Å². The first kappa shape index (κ1) is 21.8. The largest absolute Gasteiger partial charge is 0.493 e. The van der Waals surface area contributed by atoms with Gasteiger partial charge in [-0.05, 0) is 50.3 Å². The van der Waals surface area contributed by atoms with E-state index >= 15 is 0 Å². The Morgan fingerprint density at radius 1 is 1.10 bits per heavy atom. The minimum Gasteiger partial charge on any atom is -0.493 e. The summed E-state index contributed by atoms with van der Waals surface area (Å²) in [6.45, 7) is 2.33. The summed E-state index contributed by atoms with van der Waals surface area (Å²) in [6.07, 6.45) is 4.30. The molecule has 31 heavy (non-hydrogen) atoms. The SMILES string of the molecule is CCCOc1ccc(Br)cc1C1C2=C(CCCC2=O)N(CC(=O)O)C2=C1C(=O)CCC2. The molecule has 0 aromatic heterocycles. The monoisotopic (exact) mass is 487 g/mol. The third-order valence-corrected chi connectivity index (χ3v) is 6.62. The number of carboxylic acid groups (broad SMARTS) is 1. The van der Waals surface area contributed by atoms with E-state index in [1.807, 2.05) is 25.1 Å². The van der Waals surface area contributed by atoms with Crippen LogP contribution in [0.4, 0.5) is 0 Å². The topological polar surface area (TPSA) is 83.9 Å². The van der Waals surface area contributed by atoms with Crippen molar-refractivity contribution in [1.82, 2.24) is 4.90 Å². The van der Waals surface area contributed by atoms with E-state index in [1.54, 1.807) is 4.90 Å². The number of Topliss-reactive ketones (excluding diaryl/α,β-unsaturated/α-hetero) is 2. The standard InChI is InChI=1S/C24H26BrNO5/c1-2-11-31-20-10-9-14(25)12-15(20)22-23-16(5-3-7-18(23)27)26(13-21(29)30)17-6-4-8-19(28)24(17)22/h9-10,12,22H,2-8,11,13H2,1H3,(H,29,30). The molecule has 0 spiro atoms. The van der Waals surface area contributed by atoms with Gasteiger partial charge in [0, 0.05) is 51.3 Å². The van der Waals surface area contributed by atoms with Gasteiger partial charge in [0.15, 0.2) is 11.6 Å². The molecule has 4 rings (SSSR count). The van der Waals surface area contributed by atoms with Crippen molar-refractivity contribution in [3.05, 3.63) is 50.8 Å². The van der Waals surface area contributed by atoms with E-state index in [0.717, 1.165) is 27.9 Å². The highest BCUT2D eigenvalue weighted by molar-refractivity contribution is 9.10. The number of ether oxygens (including phenoxy) is 1. The van der Waals surface area contributed by atoms with Crippen molar-refractivity contribution in [3.63, 3.8) is 0 Å². The molecular weight excluding hydrogens is 462 g/mol. The minimum atomic E-state index is -0.970. The molecule has 0 bridgehead atoms. The quantitative estimate of drug-likeness (QED) is 0.623. The first-order chi connectivity index (χ1) is 14.9. The number of aliphatic carboxylic acids is 1. The highest BCUT2D eigenvalue weighted by Gasteiger charge is 2.44. The van der Waals surface area contributed by atoms with Gasteiger partial charge in [-0.15, -0.1) is 0 Å². The number of halogens is 1. The average Bonchev–Trinajstić information content (AvgIpc) is 2.73. The second-order valence-corrected chi connectivity index (χ2v) is 9.13. The lowest BCUT2D eigenvalue weighted by Crippen LogP contribution is -2.41. The summed E-state index contributed by atoms with van der Waals surface area (Å²) >= 11 is 3.54. The van der Waals surface area contributed by atoms with Gasteiger partial charge in [0.2, 0.25) is 0 Å². The fourth-order valence-electron chi connectivity index (χ4n) is 4.94. The van der Waals surface area contributed by atoms with Crippen LogP contribution in [-0.2, 0) is 14.4 Å². The summed E-state index contributed by atoms with van der Waals surface area (Å²) in [6, 6.07) is 5.70. The van der Waals surface area contributed by atoms with Crippen LogP contribution < -0.4 is 4.74 Å². The van der Waals surface area contributed by atoms with E-state index in [4.69, 9.17) is 4.74 Å². The summed E-state index contributed by atoms with van der Waals surface area (Å²) < 4.78 is 6.86. The van der Waals surface area contributed by atoms with Crippen LogP contribution in [0.1, 0.15) is 63.4 Å². The third kappa shape index (κ3) is 4.07. The van der Waals surface area contributed by atoms with E-state index in [-0.39, 0.29) is 18.1 Å². The Bertz CT molecular complexity index is 965. The molecule has 2 aliphatic carbocycles. The van der Waals surface area contributed by atoms with E-state index in [1.165, 1.54) is 0 Å². The Morgan fingerprint density at radius 3 is 2.26 bits per heavy atom. The van der Waals surface area contributed by atoms with Gasteiger partial charge in [-0.1, -0.05) is 22.9 Å². The average molecular weight is 488 g/mol. The Balaban J connectivity index is 1.97. The first-order valence-electron chi connectivity index (χ1n) is 10.9. The molecule has 1 heterocycles. The van der Waals surface area contributed by atoms with Gasteiger partial charge in [0.25, 0.3) is 0 Å². The number of benzene rings is 1. The van der Waals surface area contributed by atoms with Crippen molar-refractivity contribution in [3.8, 4) is 5.75 Å². The van der Waals surface area contributed by atoms with Crippen LogP contribution in [0.25, 0.3) is 0 Å². The lowest BCUT2D eigenvalue weighted by atomic mass is 9.70. The zero-order valence-corrected chi connectivity index (χ0v) is 19.2. The van der Waals surface area contributed by atoms with Gasteiger partial charge in [-0.2, -0.15) is 0 Å². The predicted molar refractivity (Wildman–Crippen MR) is 119 cm³/mol. The maximum absolute atomic E-state index is 13.2. The molecule has 0 unspecified atom stereocenters. The number of allylic oxidation sites excluding steroid dienone is 4. The van der Waals surface area contributed by atoms with Crippen molar-refractivity contribution in [1.29, 1.82) is 0 Å². The highest BCUT2D eigenvalue weighted by Crippen LogP contribution is 2.51. The maximum atomic E-state index is 13.2. The predicted octanol–water partition coefficient (Wildman–Crippen LogP) is 4.74. The normalized spacial score (nSPS) is 19.5. The van der Waals surface area contributed by atoms with Gasteiger partial charge < -0.3 is 14.7 Å².